The molecule has 0 spiro atoms. The molecule has 3 N–H and O–H groups in total. The molecule has 5 heteroatoms. The number of halogens is 1. The molecule has 4 nitrogen and oxygen atoms in total. The summed E-state index contributed by atoms with van der Waals surface area (Å²) in [5.74, 6) is -0.304. The SMILES string of the molecule is COC(=O)C(C)(C)[C@H](N)c1ccc2cc[nH]c2c1.Cl. The maximum absolute atomic E-state index is 11.8. The summed E-state index contributed by atoms with van der Waals surface area (Å²) in [4.78, 5) is 14.9. The predicted octanol–water partition coefficient (Wildman–Crippen LogP) is 2.79. The average Bonchev–Trinajstić information content (AvgIpc) is 2.83. The number of carbonyl (C=O) groups is 1. The Kier molecular flexibility index (Phi) is 4.61. The van der Waals surface area contributed by atoms with Crippen molar-refractivity contribution in [2.75, 3.05) is 7.11 Å². The van der Waals surface area contributed by atoms with Gasteiger partial charge in [-0.2, -0.15) is 0 Å². The van der Waals surface area contributed by atoms with Gasteiger partial charge in [0.15, 0.2) is 0 Å². The lowest BCUT2D eigenvalue weighted by Gasteiger charge is -2.28. The van der Waals surface area contributed by atoms with Crippen LogP contribution in [0.15, 0.2) is 30.5 Å². The number of hydrogen-bond acceptors (Lipinski definition) is 3. The fourth-order valence-electron chi connectivity index (χ4n) is 2.07. The lowest BCUT2D eigenvalue weighted by Crippen LogP contribution is -2.37. The van der Waals surface area contributed by atoms with E-state index >= 15 is 0 Å². The highest BCUT2D eigenvalue weighted by molar-refractivity contribution is 5.85. The maximum atomic E-state index is 11.8. The molecule has 1 aromatic heterocycles. The first-order valence-corrected chi connectivity index (χ1v) is 5.88. The molecule has 0 saturated heterocycles. The Hall–Kier alpha value is -1.52. The van der Waals surface area contributed by atoms with Crippen LogP contribution in [0.1, 0.15) is 25.5 Å². The van der Waals surface area contributed by atoms with Crippen LogP contribution in [-0.4, -0.2) is 18.1 Å². The van der Waals surface area contributed by atoms with Crippen LogP contribution >= 0.6 is 12.4 Å². The van der Waals surface area contributed by atoms with Crippen LogP contribution in [0.3, 0.4) is 0 Å². The number of esters is 1. The number of benzene rings is 1. The van der Waals surface area contributed by atoms with Crippen LogP contribution in [0.5, 0.6) is 0 Å². The monoisotopic (exact) mass is 282 g/mol. The van der Waals surface area contributed by atoms with E-state index in [1.807, 2.05) is 30.5 Å². The number of ether oxygens (including phenoxy) is 1. The van der Waals surface area contributed by atoms with Crippen LogP contribution in [-0.2, 0) is 9.53 Å². The Labute approximate surface area is 118 Å². The standard InChI is InChI=1S/C14H18N2O2.ClH/c1-14(2,13(17)18-3)12(15)10-5-4-9-6-7-16-11(9)8-10;/h4-8,12,16H,15H2,1-3H3;1H/t12-;/m1./s1. The van der Waals surface area contributed by atoms with E-state index in [0.29, 0.717) is 0 Å². The number of nitrogens with two attached hydrogens (primary N) is 1. The number of hydrogen-bond donors (Lipinski definition) is 2. The summed E-state index contributed by atoms with van der Waals surface area (Å²) in [6, 6.07) is 7.51. The molecule has 1 heterocycles. The Morgan fingerprint density at radius 1 is 1.37 bits per heavy atom. The fourth-order valence-corrected chi connectivity index (χ4v) is 2.07. The number of H-pyrrole nitrogens is 1. The molecule has 19 heavy (non-hydrogen) atoms. The van der Waals surface area contributed by atoms with Gasteiger partial charge in [-0.05, 0) is 36.9 Å². The van der Waals surface area contributed by atoms with Gasteiger partial charge in [0, 0.05) is 17.8 Å². The van der Waals surface area contributed by atoms with Gasteiger partial charge < -0.3 is 15.5 Å². The lowest BCUT2D eigenvalue weighted by molar-refractivity contribution is -0.152. The highest BCUT2D eigenvalue weighted by Crippen LogP contribution is 2.33. The van der Waals surface area contributed by atoms with E-state index in [2.05, 4.69) is 4.98 Å². The molecular weight excluding hydrogens is 264 g/mol. The number of fused-ring (bicyclic) bond motifs is 1. The molecule has 0 saturated carbocycles. The van der Waals surface area contributed by atoms with Gasteiger partial charge in [0.2, 0.25) is 0 Å². The number of nitrogens with one attached hydrogen (secondary N) is 1. The maximum Gasteiger partial charge on any atom is 0.313 e. The summed E-state index contributed by atoms with van der Waals surface area (Å²) < 4.78 is 4.80. The molecule has 2 aromatic rings. The molecule has 0 fully saturated rings. The highest BCUT2D eigenvalue weighted by atomic mass is 35.5. The van der Waals surface area contributed by atoms with E-state index in [1.54, 1.807) is 13.8 Å². The zero-order chi connectivity index (χ0) is 13.3. The Balaban J connectivity index is 0.00000180. The second-order valence-electron chi connectivity index (χ2n) is 5.02. The molecule has 1 atom stereocenters. The lowest BCUT2D eigenvalue weighted by atomic mass is 9.81. The van der Waals surface area contributed by atoms with Crippen molar-refractivity contribution in [3.05, 3.63) is 36.0 Å². The number of rotatable bonds is 3. The third-order valence-electron chi connectivity index (χ3n) is 3.43. The van der Waals surface area contributed by atoms with Crippen molar-refractivity contribution >= 4 is 29.3 Å². The molecule has 0 aliphatic rings. The second-order valence-corrected chi connectivity index (χ2v) is 5.02. The number of aromatic nitrogens is 1. The average molecular weight is 283 g/mol. The first kappa shape index (κ1) is 15.5. The van der Waals surface area contributed by atoms with E-state index in [1.165, 1.54) is 7.11 Å². The molecule has 0 aliphatic heterocycles. The van der Waals surface area contributed by atoms with Gasteiger partial charge in [-0.25, -0.2) is 0 Å². The van der Waals surface area contributed by atoms with Crippen LogP contribution < -0.4 is 5.73 Å². The third-order valence-corrected chi connectivity index (χ3v) is 3.43. The molecular formula is C14H19ClN2O2. The molecule has 2 rings (SSSR count). The quantitative estimate of drug-likeness (QED) is 0.851. The highest BCUT2D eigenvalue weighted by Gasteiger charge is 2.36. The zero-order valence-corrected chi connectivity index (χ0v) is 12.1. The topological polar surface area (TPSA) is 68.1 Å². The van der Waals surface area contributed by atoms with Crippen molar-refractivity contribution in [1.29, 1.82) is 0 Å². The van der Waals surface area contributed by atoms with Gasteiger partial charge in [0.25, 0.3) is 0 Å². The zero-order valence-electron chi connectivity index (χ0n) is 11.3. The number of aromatic amines is 1. The van der Waals surface area contributed by atoms with E-state index < -0.39 is 11.5 Å². The van der Waals surface area contributed by atoms with Crippen molar-refractivity contribution in [1.82, 2.24) is 4.98 Å². The minimum Gasteiger partial charge on any atom is -0.469 e. The third kappa shape index (κ3) is 2.74. The van der Waals surface area contributed by atoms with Gasteiger partial charge in [-0.1, -0.05) is 12.1 Å². The van der Waals surface area contributed by atoms with Gasteiger partial charge in [0.1, 0.15) is 0 Å². The smallest absolute Gasteiger partial charge is 0.313 e. The van der Waals surface area contributed by atoms with Gasteiger partial charge in [0.05, 0.1) is 12.5 Å². The van der Waals surface area contributed by atoms with Crippen molar-refractivity contribution in [3.63, 3.8) is 0 Å². The minimum absolute atomic E-state index is 0. The largest absolute Gasteiger partial charge is 0.469 e. The van der Waals surface area contributed by atoms with E-state index in [-0.39, 0.29) is 18.4 Å². The van der Waals surface area contributed by atoms with Gasteiger partial charge in [-0.15, -0.1) is 12.4 Å². The molecule has 0 radical (unpaired) electrons. The van der Waals surface area contributed by atoms with E-state index in [9.17, 15) is 4.79 Å². The van der Waals surface area contributed by atoms with Crippen LogP contribution in [0.4, 0.5) is 0 Å². The van der Waals surface area contributed by atoms with Crippen molar-refractivity contribution in [3.8, 4) is 0 Å². The van der Waals surface area contributed by atoms with Gasteiger partial charge >= 0.3 is 5.97 Å². The van der Waals surface area contributed by atoms with Crippen molar-refractivity contribution in [2.45, 2.75) is 19.9 Å². The Morgan fingerprint density at radius 3 is 2.68 bits per heavy atom. The molecule has 0 unspecified atom stereocenters. The van der Waals surface area contributed by atoms with E-state index in [0.717, 1.165) is 16.5 Å². The molecule has 0 amide bonds. The van der Waals surface area contributed by atoms with Crippen LogP contribution in [0, 0.1) is 5.41 Å². The first-order chi connectivity index (χ1) is 8.46. The Bertz CT molecular complexity index is 578. The molecule has 0 bridgehead atoms. The van der Waals surface area contributed by atoms with Crippen LogP contribution in [0.25, 0.3) is 10.9 Å². The van der Waals surface area contributed by atoms with Crippen molar-refractivity contribution < 1.29 is 9.53 Å². The van der Waals surface area contributed by atoms with Crippen LogP contribution in [0.2, 0.25) is 0 Å². The first-order valence-electron chi connectivity index (χ1n) is 5.88. The predicted molar refractivity (Wildman–Crippen MR) is 78.3 cm³/mol. The van der Waals surface area contributed by atoms with E-state index in [4.69, 9.17) is 10.5 Å². The minimum atomic E-state index is -0.755. The summed E-state index contributed by atoms with van der Waals surface area (Å²) in [5, 5.41) is 1.13. The molecule has 1 aromatic carbocycles. The summed E-state index contributed by atoms with van der Waals surface area (Å²) in [7, 11) is 1.38. The number of carbonyl (C=O) groups excluding carboxylic acids is 1. The summed E-state index contributed by atoms with van der Waals surface area (Å²) >= 11 is 0. The normalized spacial score (nSPS) is 12.8. The van der Waals surface area contributed by atoms with Gasteiger partial charge in [-0.3, -0.25) is 4.79 Å². The summed E-state index contributed by atoms with van der Waals surface area (Å²) in [6.07, 6.45) is 1.88. The second kappa shape index (κ2) is 5.63. The Morgan fingerprint density at radius 2 is 2.05 bits per heavy atom. The summed E-state index contributed by atoms with van der Waals surface area (Å²) in [6.45, 7) is 3.59. The summed E-state index contributed by atoms with van der Waals surface area (Å²) in [5.41, 5.74) is 7.37. The molecule has 0 aliphatic carbocycles. The molecule has 104 valence electrons. The van der Waals surface area contributed by atoms with Crippen molar-refractivity contribution in [2.24, 2.45) is 11.1 Å². The number of methoxy groups -OCH3 is 1. The fraction of sp³-hybridized carbons (Fsp3) is 0.357.